The zero-order valence-corrected chi connectivity index (χ0v) is 40.4. The number of carbonyl (C=O) groups is 1. The van der Waals surface area contributed by atoms with Crippen LogP contribution >= 0.6 is 11.8 Å². The van der Waals surface area contributed by atoms with Crippen LogP contribution in [0.4, 0.5) is 9.18 Å². The normalized spacial score (nSPS) is 15.8. The number of rotatable bonds is 13. The molecule has 10 heteroatoms. The predicted octanol–water partition coefficient (Wildman–Crippen LogP) is 14.1. The number of benzene rings is 6. The van der Waals surface area contributed by atoms with Crippen molar-refractivity contribution in [1.82, 2.24) is 19.7 Å². The molecule has 0 N–H and O–H groups in total. The lowest BCUT2D eigenvalue weighted by molar-refractivity contribution is 0.0276. The molecule has 0 spiro atoms. The van der Waals surface area contributed by atoms with Crippen molar-refractivity contribution in [3.8, 4) is 22.6 Å². The SMILES string of the molecule is CCSc1cc(O[C@H]2CCN(C(=O)OC(C)(C)C)C2)c2cc(C3CC3)c(-c3c(C)c(F)cc4nn(C(c5ccccc5)(c5ccccc5)c5ccccc5)cc34)c(O[C@@H](C)c3ccccc3)c2n1. The van der Waals surface area contributed by atoms with E-state index in [1.54, 1.807) is 22.7 Å². The lowest BCUT2D eigenvalue weighted by atomic mass is 9.77. The summed E-state index contributed by atoms with van der Waals surface area (Å²) in [6, 6.07) is 47.3. The Morgan fingerprint density at radius 1 is 0.809 bits per heavy atom. The topological polar surface area (TPSA) is 78.7 Å². The molecule has 2 fully saturated rings. The molecule has 1 aliphatic carbocycles. The molecule has 8 aromatic rings. The number of hydrogen-bond acceptors (Lipinski definition) is 7. The van der Waals surface area contributed by atoms with Gasteiger partial charge in [0.2, 0.25) is 0 Å². The molecule has 6 aromatic carbocycles. The van der Waals surface area contributed by atoms with E-state index in [-0.39, 0.29) is 23.9 Å². The van der Waals surface area contributed by atoms with Gasteiger partial charge in [0.05, 0.1) is 12.1 Å². The molecule has 0 unspecified atom stereocenters. The lowest BCUT2D eigenvalue weighted by Crippen LogP contribution is -2.38. The Morgan fingerprint density at radius 3 is 1.99 bits per heavy atom. The maximum absolute atomic E-state index is 17.1. The third-order valence-corrected chi connectivity index (χ3v) is 14.0. The molecule has 1 aliphatic heterocycles. The Labute approximate surface area is 402 Å². The van der Waals surface area contributed by atoms with Crippen LogP contribution in [0.2, 0.25) is 0 Å². The number of nitrogens with zero attached hydrogens (tertiary/aromatic N) is 4. The molecular weight excluding hydrogens is 868 g/mol. The second-order valence-corrected chi connectivity index (χ2v) is 20.3. The van der Waals surface area contributed by atoms with E-state index in [4.69, 9.17) is 24.3 Å². The van der Waals surface area contributed by atoms with Crippen molar-refractivity contribution in [1.29, 1.82) is 0 Å². The van der Waals surface area contributed by atoms with Crippen LogP contribution in [0.25, 0.3) is 32.9 Å². The maximum atomic E-state index is 17.1. The van der Waals surface area contributed by atoms with Gasteiger partial charge in [0.25, 0.3) is 0 Å². The number of carbonyl (C=O) groups excluding carboxylic acids is 1. The summed E-state index contributed by atoms with van der Waals surface area (Å²) in [6.45, 7) is 12.6. The minimum absolute atomic E-state index is 0.195. The van der Waals surface area contributed by atoms with Crippen molar-refractivity contribution in [3.63, 3.8) is 0 Å². The summed E-state index contributed by atoms with van der Waals surface area (Å²) in [5.41, 5.74) is 6.80. The first-order valence-electron chi connectivity index (χ1n) is 23.8. The molecule has 2 aliphatic rings. The number of fused-ring (bicyclic) bond motifs is 2. The molecule has 68 heavy (non-hydrogen) atoms. The van der Waals surface area contributed by atoms with Gasteiger partial charge in [0, 0.05) is 53.2 Å². The first-order chi connectivity index (χ1) is 32.9. The van der Waals surface area contributed by atoms with E-state index in [1.165, 1.54) is 0 Å². The van der Waals surface area contributed by atoms with Crippen LogP contribution in [0.5, 0.6) is 11.5 Å². The highest BCUT2D eigenvalue weighted by Crippen LogP contribution is 2.54. The first-order valence-corrected chi connectivity index (χ1v) is 24.8. The van der Waals surface area contributed by atoms with Crippen LogP contribution in [0, 0.1) is 12.7 Å². The summed E-state index contributed by atoms with van der Waals surface area (Å²) in [6.07, 6.45) is 3.71. The van der Waals surface area contributed by atoms with Crippen LogP contribution < -0.4 is 9.47 Å². The molecule has 1 saturated carbocycles. The molecule has 1 amide bonds. The van der Waals surface area contributed by atoms with Crippen molar-refractivity contribution < 1.29 is 23.4 Å². The summed E-state index contributed by atoms with van der Waals surface area (Å²) in [7, 11) is 0. The molecule has 10 rings (SSSR count). The highest BCUT2D eigenvalue weighted by molar-refractivity contribution is 7.99. The van der Waals surface area contributed by atoms with E-state index in [0.29, 0.717) is 47.6 Å². The number of likely N-dealkylation sites (tertiary alicyclic amines) is 1. The molecule has 1 saturated heterocycles. The lowest BCUT2D eigenvalue weighted by Gasteiger charge is -2.36. The average Bonchev–Trinajstić information content (AvgIpc) is 3.94. The second kappa shape index (κ2) is 18.4. The molecule has 2 atom stereocenters. The number of thioether (sulfide) groups is 1. The third-order valence-electron chi connectivity index (χ3n) is 13.2. The summed E-state index contributed by atoms with van der Waals surface area (Å²) >= 11 is 1.63. The Kier molecular flexibility index (Phi) is 12.2. The average molecular weight is 925 g/mol. The van der Waals surface area contributed by atoms with E-state index in [1.807, 2.05) is 74.8 Å². The van der Waals surface area contributed by atoms with E-state index in [2.05, 4.69) is 111 Å². The van der Waals surface area contributed by atoms with Gasteiger partial charge in [-0.05, 0) is 98.6 Å². The van der Waals surface area contributed by atoms with Crippen LogP contribution in [0.1, 0.15) is 99.3 Å². The number of hydrogen-bond donors (Lipinski definition) is 0. The third kappa shape index (κ3) is 8.59. The molecule has 3 heterocycles. The van der Waals surface area contributed by atoms with Crippen LogP contribution in [0.15, 0.2) is 151 Å². The fraction of sp³-hybridized carbons (Fsp3) is 0.293. The smallest absolute Gasteiger partial charge is 0.410 e. The highest BCUT2D eigenvalue weighted by atomic mass is 32.2. The zero-order valence-electron chi connectivity index (χ0n) is 39.5. The van der Waals surface area contributed by atoms with E-state index >= 15 is 4.39 Å². The van der Waals surface area contributed by atoms with Crippen molar-refractivity contribution >= 4 is 39.7 Å². The fourth-order valence-electron chi connectivity index (χ4n) is 9.84. The minimum Gasteiger partial charge on any atom is -0.488 e. The molecule has 2 aromatic heterocycles. The van der Waals surface area contributed by atoms with Crippen LogP contribution in [0.3, 0.4) is 0 Å². The number of pyridine rings is 1. The Balaban J connectivity index is 1.23. The highest BCUT2D eigenvalue weighted by Gasteiger charge is 2.41. The zero-order chi connectivity index (χ0) is 47.2. The molecular formula is C58H57FN4O4S. The fourth-order valence-corrected chi connectivity index (χ4v) is 10.5. The Morgan fingerprint density at radius 2 is 1.41 bits per heavy atom. The van der Waals surface area contributed by atoms with Gasteiger partial charge in [-0.2, -0.15) is 5.10 Å². The van der Waals surface area contributed by atoms with Gasteiger partial charge in [-0.3, -0.25) is 4.68 Å². The van der Waals surface area contributed by atoms with Gasteiger partial charge in [-0.15, -0.1) is 11.8 Å². The summed E-state index contributed by atoms with van der Waals surface area (Å²) in [4.78, 5) is 20.3. The summed E-state index contributed by atoms with van der Waals surface area (Å²) in [5, 5.41) is 7.81. The van der Waals surface area contributed by atoms with Crippen molar-refractivity contribution in [2.24, 2.45) is 0 Å². The second-order valence-electron chi connectivity index (χ2n) is 19.0. The van der Waals surface area contributed by atoms with Crippen LogP contribution in [-0.4, -0.2) is 56.3 Å². The maximum Gasteiger partial charge on any atom is 0.410 e. The van der Waals surface area contributed by atoms with Crippen molar-refractivity contribution in [2.75, 3.05) is 18.8 Å². The quantitative estimate of drug-likeness (QED) is 0.0842. The standard InChI is InChI=1S/C58H57FN4O4S/c1-7-68-51-34-50(66-44-30-31-62(35-44)56(64)67-57(4,5)6)46-32-45(40-28-29-40)53(55(54(46)60-51)65-38(3)39-20-12-8-13-21-39)52-37(2)48(59)33-49-47(52)36-63(61-49)58(41-22-14-9-15-23-41,42-24-16-10-17-25-42)43-26-18-11-19-27-43/h8-27,32-34,36,38,40,44H,7,28-31,35H2,1-6H3/t38-,44-/m0/s1. The number of amides is 1. The number of halogens is 1. The Bertz CT molecular complexity index is 3000. The van der Waals surface area contributed by atoms with Crippen LogP contribution in [-0.2, 0) is 10.3 Å². The van der Waals surface area contributed by atoms with Crippen molar-refractivity contribution in [2.45, 2.75) is 95.1 Å². The summed E-state index contributed by atoms with van der Waals surface area (Å²) < 4.78 is 39.2. The number of ether oxygens (including phenoxy) is 3. The summed E-state index contributed by atoms with van der Waals surface area (Å²) in [5.74, 6) is 1.88. The minimum atomic E-state index is -0.923. The van der Waals surface area contributed by atoms with Gasteiger partial charge in [0.15, 0.2) is 5.75 Å². The monoisotopic (exact) mass is 924 g/mol. The van der Waals surface area contributed by atoms with Gasteiger partial charge in [-0.25, -0.2) is 14.2 Å². The largest absolute Gasteiger partial charge is 0.488 e. The van der Waals surface area contributed by atoms with Crippen molar-refractivity contribution in [3.05, 3.63) is 185 Å². The van der Waals surface area contributed by atoms with Gasteiger partial charge >= 0.3 is 6.09 Å². The van der Waals surface area contributed by atoms with E-state index in [9.17, 15) is 4.79 Å². The van der Waals surface area contributed by atoms with Gasteiger partial charge in [-0.1, -0.05) is 128 Å². The number of aromatic nitrogens is 3. The van der Waals surface area contributed by atoms with Gasteiger partial charge < -0.3 is 19.1 Å². The molecule has 0 bridgehead atoms. The van der Waals surface area contributed by atoms with Gasteiger partial charge in [0.1, 0.15) is 45.5 Å². The molecule has 8 nitrogen and oxygen atoms in total. The molecule has 0 radical (unpaired) electrons. The van der Waals surface area contributed by atoms with E-state index < -0.39 is 17.2 Å². The Hall–Kier alpha value is -6.65. The van der Waals surface area contributed by atoms with E-state index in [0.717, 1.165) is 73.3 Å². The predicted molar refractivity (Wildman–Crippen MR) is 270 cm³/mol. The first kappa shape index (κ1) is 45.1. The molecule has 346 valence electrons.